The molecule has 1 N–H and O–H groups in total. The molecule has 0 aliphatic carbocycles. The lowest BCUT2D eigenvalue weighted by Crippen LogP contribution is -2.53. The summed E-state index contributed by atoms with van der Waals surface area (Å²) in [6.07, 6.45) is 1.78. The first-order valence-corrected chi connectivity index (χ1v) is 4.66. The number of rotatable bonds is 3. The molecule has 0 unspecified atom stereocenters. The summed E-state index contributed by atoms with van der Waals surface area (Å²) in [5.74, 6) is 0.182. The zero-order chi connectivity index (χ0) is 9.84. The number of hydrogen-bond donors (Lipinski definition) is 1. The quantitative estimate of drug-likeness (QED) is 0.710. The summed E-state index contributed by atoms with van der Waals surface area (Å²) in [5.41, 5.74) is 0. The van der Waals surface area contributed by atoms with E-state index in [1.807, 2.05) is 13.8 Å². The molecular formula is C9H18N2O2S. The predicted octanol–water partition coefficient (Wildman–Crippen LogP) is 0.738. The summed E-state index contributed by atoms with van der Waals surface area (Å²) in [6, 6.07) is -0.391. The third-order valence-corrected chi connectivity index (χ3v) is 2.30. The Morgan fingerprint density at radius 2 is 2.14 bits per heavy atom. The van der Waals surface area contributed by atoms with Crippen molar-refractivity contribution in [2.75, 3.05) is 13.1 Å². The largest absolute Gasteiger partial charge is 0.338 e. The molecule has 14 heavy (non-hydrogen) atoms. The number of amides is 2. The highest BCUT2D eigenvalue weighted by molar-refractivity contribution is 7.59. The molecule has 1 aliphatic rings. The maximum Gasteiger partial charge on any atom is 0.318 e. The Labute approximate surface area is 91.5 Å². The lowest BCUT2D eigenvalue weighted by molar-refractivity contribution is -0.113. The third kappa shape index (κ3) is 2.90. The third-order valence-electron chi connectivity index (χ3n) is 2.30. The molecule has 0 aromatic rings. The number of nitrogens with zero attached hydrogens (tertiary/aromatic N) is 1. The molecule has 1 fully saturated rings. The van der Waals surface area contributed by atoms with E-state index >= 15 is 0 Å². The summed E-state index contributed by atoms with van der Waals surface area (Å²) in [7, 11) is 0. The highest BCUT2D eigenvalue weighted by Gasteiger charge is 2.27. The highest BCUT2D eigenvalue weighted by atomic mass is 32.1. The maximum absolute atomic E-state index is 11.4. The van der Waals surface area contributed by atoms with Crippen LogP contribution in [0.3, 0.4) is 0 Å². The zero-order valence-electron chi connectivity index (χ0n) is 8.62. The van der Waals surface area contributed by atoms with Crippen LogP contribution >= 0.6 is 13.5 Å². The average molecular weight is 218 g/mol. The Balaban J connectivity index is 0.00000169. The van der Waals surface area contributed by atoms with Crippen LogP contribution in [0.5, 0.6) is 0 Å². The lowest BCUT2D eigenvalue weighted by atomic mass is 10.0. The van der Waals surface area contributed by atoms with Gasteiger partial charge in [0.2, 0.25) is 0 Å². The molecule has 0 aromatic heterocycles. The number of carbonyl (C=O) groups excluding carboxylic acids is 2. The Kier molecular flexibility index (Phi) is 5.60. The molecule has 1 rings (SSSR count). The minimum absolute atomic E-state index is 0. The monoisotopic (exact) mass is 218 g/mol. The SMILES string of the molecule is CC(C)[C@@H](C=O)N1CCCNC1=O.S. The van der Waals surface area contributed by atoms with Gasteiger partial charge in [-0.3, -0.25) is 0 Å². The summed E-state index contributed by atoms with van der Waals surface area (Å²) in [6.45, 7) is 5.30. The minimum Gasteiger partial charge on any atom is -0.338 e. The highest BCUT2D eigenvalue weighted by Crippen LogP contribution is 2.11. The number of aldehydes is 1. The topological polar surface area (TPSA) is 49.4 Å². The van der Waals surface area contributed by atoms with Gasteiger partial charge in [-0.15, -0.1) is 0 Å². The van der Waals surface area contributed by atoms with Crippen LogP contribution in [-0.2, 0) is 4.79 Å². The summed E-state index contributed by atoms with van der Waals surface area (Å²) >= 11 is 0. The van der Waals surface area contributed by atoms with E-state index < -0.39 is 0 Å². The second-order valence-corrected chi connectivity index (χ2v) is 3.65. The van der Waals surface area contributed by atoms with E-state index in [0.717, 1.165) is 19.3 Å². The Morgan fingerprint density at radius 1 is 1.50 bits per heavy atom. The molecule has 5 heteroatoms. The van der Waals surface area contributed by atoms with E-state index in [4.69, 9.17) is 0 Å². The second kappa shape index (κ2) is 5.90. The number of urea groups is 1. The fourth-order valence-electron chi connectivity index (χ4n) is 1.52. The van der Waals surface area contributed by atoms with Crippen LogP contribution in [0.1, 0.15) is 20.3 Å². The Morgan fingerprint density at radius 3 is 2.57 bits per heavy atom. The molecule has 1 aliphatic heterocycles. The van der Waals surface area contributed by atoms with Crippen LogP contribution in [0.25, 0.3) is 0 Å². The smallest absolute Gasteiger partial charge is 0.318 e. The first kappa shape index (κ1) is 13.3. The number of nitrogens with one attached hydrogen (secondary N) is 1. The van der Waals surface area contributed by atoms with Gasteiger partial charge in [0.1, 0.15) is 6.29 Å². The summed E-state index contributed by atoms with van der Waals surface area (Å²) < 4.78 is 0. The van der Waals surface area contributed by atoms with Gasteiger partial charge < -0.3 is 15.0 Å². The van der Waals surface area contributed by atoms with E-state index in [1.165, 1.54) is 0 Å². The molecule has 1 atom stereocenters. The van der Waals surface area contributed by atoms with Crippen LogP contribution in [0.2, 0.25) is 0 Å². The van der Waals surface area contributed by atoms with Gasteiger partial charge in [-0.2, -0.15) is 13.5 Å². The van der Waals surface area contributed by atoms with Crippen LogP contribution < -0.4 is 5.32 Å². The van der Waals surface area contributed by atoms with E-state index in [0.29, 0.717) is 6.54 Å². The number of carbonyl (C=O) groups is 2. The Bertz CT molecular complexity index is 209. The van der Waals surface area contributed by atoms with Crippen LogP contribution in [0.15, 0.2) is 0 Å². The van der Waals surface area contributed by atoms with Crippen molar-refractivity contribution in [3.63, 3.8) is 0 Å². The van der Waals surface area contributed by atoms with Crippen molar-refractivity contribution < 1.29 is 9.59 Å². The van der Waals surface area contributed by atoms with Crippen molar-refractivity contribution in [2.45, 2.75) is 26.3 Å². The van der Waals surface area contributed by atoms with Crippen molar-refractivity contribution in [2.24, 2.45) is 5.92 Å². The average Bonchev–Trinajstić information content (AvgIpc) is 2.09. The van der Waals surface area contributed by atoms with Crippen molar-refractivity contribution in [3.8, 4) is 0 Å². The van der Waals surface area contributed by atoms with Gasteiger partial charge in [0.15, 0.2) is 0 Å². The molecule has 82 valence electrons. The summed E-state index contributed by atoms with van der Waals surface area (Å²) in [5, 5.41) is 2.73. The zero-order valence-corrected chi connectivity index (χ0v) is 9.62. The molecular weight excluding hydrogens is 200 g/mol. The normalized spacial score (nSPS) is 18.5. The summed E-state index contributed by atoms with van der Waals surface area (Å²) in [4.78, 5) is 23.7. The van der Waals surface area contributed by atoms with Gasteiger partial charge in [-0.25, -0.2) is 4.79 Å². The molecule has 0 saturated carbocycles. The second-order valence-electron chi connectivity index (χ2n) is 3.65. The van der Waals surface area contributed by atoms with E-state index in [1.54, 1.807) is 4.90 Å². The fraction of sp³-hybridized carbons (Fsp3) is 0.778. The predicted molar refractivity (Wildman–Crippen MR) is 59.8 cm³/mol. The van der Waals surface area contributed by atoms with Crippen molar-refractivity contribution >= 4 is 25.8 Å². The van der Waals surface area contributed by atoms with Gasteiger partial charge in [0.25, 0.3) is 0 Å². The molecule has 4 nitrogen and oxygen atoms in total. The van der Waals surface area contributed by atoms with Gasteiger partial charge in [-0.1, -0.05) is 13.8 Å². The lowest BCUT2D eigenvalue weighted by Gasteiger charge is -2.33. The van der Waals surface area contributed by atoms with E-state index in [2.05, 4.69) is 5.32 Å². The first-order chi connectivity index (χ1) is 6.16. The molecule has 0 aromatic carbocycles. The van der Waals surface area contributed by atoms with Gasteiger partial charge >= 0.3 is 6.03 Å². The van der Waals surface area contributed by atoms with Gasteiger partial charge in [0.05, 0.1) is 6.04 Å². The number of hydrogen-bond acceptors (Lipinski definition) is 2. The van der Waals surface area contributed by atoms with Crippen LogP contribution in [0, 0.1) is 5.92 Å². The van der Waals surface area contributed by atoms with Crippen molar-refractivity contribution in [1.82, 2.24) is 10.2 Å². The molecule has 0 spiro atoms. The van der Waals surface area contributed by atoms with E-state index in [-0.39, 0.29) is 31.5 Å². The minimum atomic E-state index is -0.278. The first-order valence-electron chi connectivity index (χ1n) is 4.66. The van der Waals surface area contributed by atoms with Crippen molar-refractivity contribution in [3.05, 3.63) is 0 Å². The molecule has 1 saturated heterocycles. The van der Waals surface area contributed by atoms with Crippen LogP contribution in [0.4, 0.5) is 4.79 Å². The fourth-order valence-corrected chi connectivity index (χ4v) is 1.52. The van der Waals surface area contributed by atoms with Gasteiger partial charge in [0, 0.05) is 13.1 Å². The van der Waals surface area contributed by atoms with Gasteiger partial charge in [-0.05, 0) is 12.3 Å². The molecule has 0 radical (unpaired) electrons. The molecule has 1 heterocycles. The Hall–Kier alpha value is -0.710. The maximum atomic E-state index is 11.4. The molecule has 0 bridgehead atoms. The van der Waals surface area contributed by atoms with Crippen LogP contribution in [-0.4, -0.2) is 36.3 Å². The molecule has 2 amide bonds. The van der Waals surface area contributed by atoms with Crippen molar-refractivity contribution in [1.29, 1.82) is 0 Å². The van der Waals surface area contributed by atoms with E-state index in [9.17, 15) is 9.59 Å². The standard InChI is InChI=1S/C9H16N2O2.H2S/c1-7(2)8(6-12)11-5-3-4-10-9(11)13;/h6-8H,3-5H2,1-2H3,(H,10,13);1H2/t8-;/m1./s1.